The van der Waals surface area contributed by atoms with Gasteiger partial charge in [-0.2, -0.15) is 0 Å². The average Bonchev–Trinajstić information content (AvgIpc) is 2.63. The lowest BCUT2D eigenvalue weighted by molar-refractivity contribution is 0.140. The molecule has 1 atom stereocenters. The summed E-state index contributed by atoms with van der Waals surface area (Å²) < 4.78 is 0. The molecule has 1 fully saturated rings. The van der Waals surface area contributed by atoms with Crippen molar-refractivity contribution in [2.24, 2.45) is 0 Å². The van der Waals surface area contributed by atoms with Crippen LogP contribution in [0, 0.1) is 0 Å². The highest BCUT2D eigenvalue weighted by Crippen LogP contribution is 2.20. The van der Waals surface area contributed by atoms with Gasteiger partial charge in [0.05, 0.1) is 6.04 Å². The first-order chi connectivity index (χ1) is 12.1. The van der Waals surface area contributed by atoms with Gasteiger partial charge in [-0.25, -0.2) is 9.97 Å². The highest BCUT2D eigenvalue weighted by atomic mass is 15.2. The standard InChI is InChI=1S/C20H29N5/c1-16(23-20-21-11-4-12-22-20)18-7-5-17(6-8-18)15-25-13-9-19(10-14-25)24(2)3/h4-8,11-12,16,19H,9-10,13-15H2,1-3H3,(H,21,22,23)/t16-/m0/s1. The Morgan fingerprint density at radius 3 is 2.36 bits per heavy atom. The van der Waals surface area contributed by atoms with Crippen molar-refractivity contribution in [1.82, 2.24) is 19.8 Å². The Bertz CT molecular complexity index is 633. The largest absolute Gasteiger partial charge is 0.348 e. The van der Waals surface area contributed by atoms with Crippen LogP contribution in [-0.2, 0) is 6.54 Å². The first-order valence-electron chi connectivity index (χ1n) is 9.13. The molecule has 0 radical (unpaired) electrons. The molecule has 1 aromatic carbocycles. The van der Waals surface area contributed by atoms with Crippen molar-refractivity contribution in [3.8, 4) is 0 Å². The number of aromatic nitrogens is 2. The maximum Gasteiger partial charge on any atom is 0.223 e. The second kappa shape index (κ2) is 8.41. The number of anilines is 1. The van der Waals surface area contributed by atoms with Gasteiger partial charge in [-0.15, -0.1) is 0 Å². The van der Waals surface area contributed by atoms with Crippen molar-refractivity contribution in [2.75, 3.05) is 32.5 Å². The molecule has 0 unspecified atom stereocenters. The van der Waals surface area contributed by atoms with Crippen LogP contribution >= 0.6 is 0 Å². The van der Waals surface area contributed by atoms with Gasteiger partial charge >= 0.3 is 0 Å². The molecule has 0 aliphatic carbocycles. The Morgan fingerprint density at radius 2 is 1.76 bits per heavy atom. The molecule has 1 aliphatic rings. The molecule has 0 amide bonds. The topological polar surface area (TPSA) is 44.3 Å². The zero-order valence-corrected chi connectivity index (χ0v) is 15.5. The zero-order valence-electron chi connectivity index (χ0n) is 15.5. The first kappa shape index (κ1) is 17.8. The van der Waals surface area contributed by atoms with E-state index < -0.39 is 0 Å². The van der Waals surface area contributed by atoms with Gasteiger partial charge in [0.2, 0.25) is 5.95 Å². The Hall–Kier alpha value is -1.98. The summed E-state index contributed by atoms with van der Waals surface area (Å²) >= 11 is 0. The van der Waals surface area contributed by atoms with Crippen LogP contribution in [0.25, 0.3) is 0 Å². The molecule has 1 saturated heterocycles. The van der Waals surface area contributed by atoms with E-state index in [0.29, 0.717) is 5.95 Å². The van der Waals surface area contributed by atoms with E-state index in [1.807, 2.05) is 6.07 Å². The van der Waals surface area contributed by atoms with Crippen molar-refractivity contribution in [2.45, 2.75) is 38.4 Å². The monoisotopic (exact) mass is 339 g/mol. The molecule has 25 heavy (non-hydrogen) atoms. The summed E-state index contributed by atoms with van der Waals surface area (Å²) in [6.45, 7) is 5.56. The van der Waals surface area contributed by atoms with E-state index in [4.69, 9.17) is 0 Å². The van der Waals surface area contributed by atoms with E-state index in [9.17, 15) is 0 Å². The quantitative estimate of drug-likeness (QED) is 0.876. The van der Waals surface area contributed by atoms with Crippen LogP contribution in [0.4, 0.5) is 5.95 Å². The van der Waals surface area contributed by atoms with Crippen LogP contribution in [0.1, 0.15) is 36.9 Å². The van der Waals surface area contributed by atoms with Gasteiger partial charge in [0.15, 0.2) is 0 Å². The van der Waals surface area contributed by atoms with Gasteiger partial charge in [-0.3, -0.25) is 4.90 Å². The van der Waals surface area contributed by atoms with Crippen molar-refractivity contribution in [3.63, 3.8) is 0 Å². The summed E-state index contributed by atoms with van der Waals surface area (Å²) in [4.78, 5) is 13.4. The van der Waals surface area contributed by atoms with Crippen molar-refractivity contribution < 1.29 is 0 Å². The molecule has 1 aromatic heterocycles. The molecule has 3 rings (SSSR count). The van der Waals surface area contributed by atoms with Crippen LogP contribution in [0.3, 0.4) is 0 Å². The second-order valence-electron chi connectivity index (χ2n) is 7.15. The van der Waals surface area contributed by atoms with Crippen LogP contribution in [-0.4, -0.2) is 53.0 Å². The molecular formula is C20H29N5. The van der Waals surface area contributed by atoms with Crippen molar-refractivity contribution >= 4 is 5.95 Å². The fourth-order valence-corrected chi connectivity index (χ4v) is 3.41. The summed E-state index contributed by atoms with van der Waals surface area (Å²) in [5, 5.41) is 3.34. The van der Waals surface area contributed by atoms with Crippen LogP contribution in [0.15, 0.2) is 42.7 Å². The van der Waals surface area contributed by atoms with Crippen molar-refractivity contribution in [1.29, 1.82) is 0 Å². The first-order valence-corrected chi connectivity index (χ1v) is 9.13. The van der Waals surface area contributed by atoms with E-state index in [-0.39, 0.29) is 6.04 Å². The molecule has 5 nitrogen and oxygen atoms in total. The molecule has 0 spiro atoms. The third-order valence-corrected chi connectivity index (χ3v) is 5.08. The summed E-state index contributed by atoms with van der Waals surface area (Å²) in [7, 11) is 4.38. The van der Waals surface area contributed by atoms with Gasteiger partial charge in [0, 0.05) is 25.0 Å². The average molecular weight is 339 g/mol. The smallest absolute Gasteiger partial charge is 0.223 e. The van der Waals surface area contributed by atoms with Gasteiger partial charge in [0.25, 0.3) is 0 Å². The number of benzene rings is 1. The molecule has 0 bridgehead atoms. The number of nitrogens with zero attached hydrogens (tertiary/aromatic N) is 4. The third-order valence-electron chi connectivity index (χ3n) is 5.08. The molecule has 0 saturated carbocycles. The van der Waals surface area contributed by atoms with Crippen molar-refractivity contribution in [3.05, 3.63) is 53.9 Å². The van der Waals surface area contributed by atoms with Gasteiger partial charge in [-0.1, -0.05) is 24.3 Å². The molecule has 5 heteroatoms. The van der Waals surface area contributed by atoms with Crippen LogP contribution in [0.2, 0.25) is 0 Å². The Labute approximate surface area is 151 Å². The fourth-order valence-electron chi connectivity index (χ4n) is 3.41. The number of piperidine rings is 1. The highest BCUT2D eigenvalue weighted by molar-refractivity contribution is 5.32. The van der Waals surface area contributed by atoms with Crippen LogP contribution < -0.4 is 5.32 Å². The number of rotatable bonds is 6. The summed E-state index contributed by atoms with van der Waals surface area (Å²) in [6.07, 6.45) is 6.04. The lowest BCUT2D eigenvalue weighted by Gasteiger charge is -2.35. The number of nitrogens with one attached hydrogen (secondary N) is 1. The molecule has 134 valence electrons. The fraction of sp³-hybridized carbons (Fsp3) is 0.500. The van der Waals surface area contributed by atoms with E-state index in [2.05, 4.69) is 70.4 Å². The SMILES string of the molecule is C[C@H](Nc1ncccn1)c1ccc(CN2CCC(N(C)C)CC2)cc1. The summed E-state index contributed by atoms with van der Waals surface area (Å²) in [6, 6.07) is 11.7. The van der Waals surface area contributed by atoms with E-state index in [1.165, 1.54) is 37.1 Å². The lowest BCUT2D eigenvalue weighted by atomic mass is 10.0. The lowest BCUT2D eigenvalue weighted by Crippen LogP contribution is -2.41. The third kappa shape index (κ3) is 5.00. The number of hydrogen-bond acceptors (Lipinski definition) is 5. The van der Waals surface area contributed by atoms with Gasteiger partial charge in [0.1, 0.15) is 0 Å². The molecule has 2 heterocycles. The van der Waals surface area contributed by atoms with E-state index >= 15 is 0 Å². The number of hydrogen-bond donors (Lipinski definition) is 1. The van der Waals surface area contributed by atoms with E-state index in [1.54, 1.807) is 12.4 Å². The van der Waals surface area contributed by atoms with Gasteiger partial charge < -0.3 is 10.2 Å². The Morgan fingerprint density at radius 1 is 1.12 bits per heavy atom. The summed E-state index contributed by atoms with van der Waals surface area (Å²) in [5.41, 5.74) is 2.64. The maximum atomic E-state index is 4.23. The Balaban J connectivity index is 1.52. The Kier molecular flexibility index (Phi) is 6.00. The highest BCUT2D eigenvalue weighted by Gasteiger charge is 2.20. The number of likely N-dealkylation sites (tertiary alicyclic amines) is 1. The predicted molar refractivity (Wildman–Crippen MR) is 102 cm³/mol. The zero-order chi connectivity index (χ0) is 17.6. The minimum atomic E-state index is 0.187. The predicted octanol–water partition coefficient (Wildman–Crippen LogP) is 3.18. The van der Waals surface area contributed by atoms with Crippen LogP contribution in [0.5, 0.6) is 0 Å². The minimum Gasteiger partial charge on any atom is -0.348 e. The molecule has 1 N–H and O–H groups in total. The maximum absolute atomic E-state index is 4.23. The van der Waals surface area contributed by atoms with Gasteiger partial charge in [-0.05, 0) is 64.1 Å². The summed E-state index contributed by atoms with van der Waals surface area (Å²) in [5.74, 6) is 0.669. The molecule has 1 aliphatic heterocycles. The second-order valence-corrected chi connectivity index (χ2v) is 7.15. The normalized spacial score (nSPS) is 17.6. The minimum absolute atomic E-state index is 0.187. The molecular weight excluding hydrogens is 310 g/mol. The molecule has 2 aromatic rings. The van der Waals surface area contributed by atoms with E-state index in [0.717, 1.165) is 12.6 Å².